The topological polar surface area (TPSA) is 86.8 Å². The molecular weight excluding hydrogens is 553 g/mol. The van der Waals surface area contributed by atoms with Crippen molar-refractivity contribution >= 4 is 39.1 Å². The minimum atomic E-state index is -4.26. The molecule has 3 aromatic rings. The zero-order valence-electron chi connectivity index (χ0n) is 22.9. The molecular formula is C30H35ClFN3O4S. The summed E-state index contributed by atoms with van der Waals surface area (Å²) >= 11 is 6.05. The molecule has 214 valence electrons. The van der Waals surface area contributed by atoms with Crippen LogP contribution in [0.25, 0.3) is 0 Å². The van der Waals surface area contributed by atoms with Crippen LogP contribution in [0.15, 0.2) is 77.7 Å². The first kappa shape index (κ1) is 31.1. The van der Waals surface area contributed by atoms with Gasteiger partial charge in [0.05, 0.1) is 10.6 Å². The summed E-state index contributed by atoms with van der Waals surface area (Å²) < 4.78 is 42.1. The Labute approximate surface area is 241 Å². The summed E-state index contributed by atoms with van der Waals surface area (Å²) in [5, 5.41) is 3.43. The van der Waals surface area contributed by atoms with Gasteiger partial charge >= 0.3 is 0 Å². The van der Waals surface area contributed by atoms with Crippen molar-refractivity contribution in [3.8, 4) is 0 Å². The normalized spacial score (nSPS) is 12.0. The number of rotatable bonds is 13. The molecule has 0 bridgehead atoms. The number of hydrogen-bond donors (Lipinski definition) is 1. The standard InChI is InChI=1S/C30H35ClFN3O4S/c1-4-6-19-33-30(37)28(5-2)34(20-23-9-11-24(31)12-10-23)29(36)21-35(26-15-7-22(3)8-16-26)40(38,39)27-17-13-25(32)14-18-27/h7-18,28H,4-6,19-21H2,1-3H3,(H,33,37)/t28-/m1/s1. The summed E-state index contributed by atoms with van der Waals surface area (Å²) in [7, 11) is -4.26. The summed E-state index contributed by atoms with van der Waals surface area (Å²) in [5.41, 5.74) is 1.92. The maximum Gasteiger partial charge on any atom is 0.264 e. The largest absolute Gasteiger partial charge is 0.354 e. The first-order chi connectivity index (χ1) is 19.1. The van der Waals surface area contributed by atoms with Gasteiger partial charge in [-0.2, -0.15) is 0 Å². The van der Waals surface area contributed by atoms with Gasteiger partial charge in [0.1, 0.15) is 18.4 Å². The summed E-state index contributed by atoms with van der Waals surface area (Å²) in [6, 6.07) is 17.2. The molecule has 0 fully saturated rings. The average molecular weight is 588 g/mol. The summed E-state index contributed by atoms with van der Waals surface area (Å²) in [4.78, 5) is 28.4. The van der Waals surface area contributed by atoms with Crippen molar-refractivity contribution in [2.24, 2.45) is 0 Å². The molecule has 7 nitrogen and oxygen atoms in total. The third kappa shape index (κ3) is 8.05. The highest BCUT2D eigenvalue weighted by atomic mass is 35.5. The van der Waals surface area contributed by atoms with Gasteiger partial charge in [0.2, 0.25) is 11.8 Å². The van der Waals surface area contributed by atoms with Crippen molar-refractivity contribution < 1.29 is 22.4 Å². The molecule has 0 saturated heterocycles. The monoisotopic (exact) mass is 587 g/mol. The van der Waals surface area contributed by atoms with E-state index in [-0.39, 0.29) is 23.0 Å². The fourth-order valence-electron chi connectivity index (χ4n) is 4.19. The van der Waals surface area contributed by atoms with Gasteiger partial charge < -0.3 is 10.2 Å². The number of halogens is 2. The van der Waals surface area contributed by atoms with Crippen LogP contribution >= 0.6 is 11.6 Å². The number of carbonyl (C=O) groups is 2. The van der Waals surface area contributed by atoms with Crippen LogP contribution in [0.3, 0.4) is 0 Å². The SMILES string of the molecule is CCCCNC(=O)[C@@H](CC)N(Cc1ccc(Cl)cc1)C(=O)CN(c1ccc(C)cc1)S(=O)(=O)c1ccc(F)cc1. The van der Waals surface area contributed by atoms with Gasteiger partial charge in [-0.1, -0.05) is 61.7 Å². The lowest BCUT2D eigenvalue weighted by Gasteiger charge is -2.33. The van der Waals surface area contributed by atoms with E-state index in [4.69, 9.17) is 11.6 Å². The highest BCUT2D eigenvalue weighted by Crippen LogP contribution is 2.25. The molecule has 0 aliphatic carbocycles. The van der Waals surface area contributed by atoms with Crippen LogP contribution in [0.1, 0.15) is 44.2 Å². The summed E-state index contributed by atoms with van der Waals surface area (Å²) in [5.74, 6) is -1.44. The van der Waals surface area contributed by atoms with Crippen LogP contribution in [0.2, 0.25) is 5.02 Å². The van der Waals surface area contributed by atoms with Crippen LogP contribution in [-0.2, 0) is 26.2 Å². The average Bonchev–Trinajstić information content (AvgIpc) is 2.93. The van der Waals surface area contributed by atoms with Crippen LogP contribution in [-0.4, -0.2) is 44.3 Å². The minimum absolute atomic E-state index is 0.0774. The van der Waals surface area contributed by atoms with E-state index in [1.165, 1.54) is 4.90 Å². The molecule has 0 aliphatic rings. The van der Waals surface area contributed by atoms with Crippen LogP contribution < -0.4 is 9.62 Å². The first-order valence-electron chi connectivity index (χ1n) is 13.2. The molecule has 0 spiro atoms. The van der Waals surface area contributed by atoms with E-state index in [1.54, 1.807) is 55.5 Å². The number of sulfonamides is 1. The van der Waals surface area contributed by atoms with Crippen molar-refractivity contribution in [1.29, 1.82) is 0 Å². The van der Waals surface area contributed by atoms with E-state index in [1.807, 2.05) is 13.8 Å². The van der Waals surface area contributed by atoms with Crippen molar-refractivity contribution in [3.63, 3.8) is 0 Å². The number of hydrogen-bond acceptors (Lipinski definition) is 4. The Morgan fingerprint density at radius 3 is 2.15 bits per heavy atom. The number of amides is 2. The molecule has 3 aromatic carbocycles. The summed E-state index contributed by atoms with van der Waals surface area (Å²) in [6.45, 7) is 5.68. The molecule has 0 saturated carbocycles. The maximum atomic E-state index is 14.0. The van der Waals surface area contributed by atoms with E-state index in [2.05, 4.69) is 5.32 Å². The second-order valence-electron chi connectivity index (χ2n) is 9.52. The summed E-state index contributed by atoms with van der Waals surface area (Å²) in [6.07, 6.45) is 2.02. The lowest BCUT2D eigenvalue weighted by molar-refractivity contribution is -0.140. The molecule has 10 heteroatoms. The number of aryl methyl sites for hydroxylation is 1. The molecule has 40 heavy (non-hydrogen) atoms. The Balaban J connectivity index is 2.02. The first-order valence-corrected chi connectivity index (χ1v) is 15.0. The van der Waals surface area contributed by atoms with Gasteiger partial charge in [-0.15, -0.1) is 0 Å². The Morgan fingerprint density at radius 1 is 0.950 bits per heavy atom. The van der Waals surface area contributed by atoms with Gasteiger partial charge in [0.25, 0.3) is 10.0 Å². The molecule has 0 aliphatic heterocycles. The predicted octanol–water partition coefficient (Wildman–Crippen LogP) is 5.71. The van der Waals surface area contributed by atoms with Gasteiger partial charge in [-0.05, 0) is 73.9 Å². The number of carbonyl (C=O) groups excluding carboxylic acids is 2. The Hall–Kier alpha value is -3.43. The molecule has 2 amide bonds. The molecule has 0 radical (unpaired) electrons. The Kier molecular flexibility index (Phi) is 11.1. The van der Waals surface area contributed by atoms with Crippen LogP contribution in [0.4, 0.5) is 10.1 Å². The number of anilines is 1. The van der Waals surface area contributed by atoms with E-state index >= 15 is 0 Å². The van der Waals surface area contributed by atoms with Gasteiger partial charge in [0.15, 0.2) is 0 Å². The van der Waals surface area contributed by atoms with Crippen LogP contribution in [0, 0.1) is 12.7 Å². The third-order valence-electron chi connectivity index (χ3n) is 6.48. The van der Waals surface area contributed by atoms with Gasteiger partial charge in [0, 0.05) is 18.1 Å². The zero-order chi connectivity index (χ0) is 29.3. The second-order valence-corrected chi connectivity index (χ2v) is 11.8. The molecule has 1 atom stereocenters. The number of nitrogens with one attached hydrogen (secondary N) is 1. The fraction of sp³-hybridized carbons (Fsp3) is 0.333. The highest BCUT2D eigenvalue weighted by molar-refractivity contribution is 7.92. The quantitative estimate of drug-likeness (QED) is 0.260. The zero-order valence-corrected chi connectivity index (χ0v) is 24.5. The molecule has 3 rings (SSSR count). The van der Waals surface area contributed by atoms with E-state index in [0.717, 1.165) is 52.5 Å². The van der Waals surface area contributed by atoms with E-state index in [0.29, 0.717) is 18.0 Å². The second kappa shape index (κ2) is 14.3. The van der Waals surface area contributed by atoms with E-state index in [9.17, 15) is 22.4 Å². The third-order valence-corrected chi connectivity index (χ3v) is 8.52. The van der Waals surface area contributed by atoms with Crippen LogP contribution in [0.5, 0.6) is 0 Å². The smallest absolute Gasteiger partial charge is 0.264 e. The van der Waals surface area contributed by atoms with Crippen molar-refractivity contribution in [1.82, 2.24) is 10.2 Å². The Morgan fingerprint density at radius 2 is 1.57 bits per heavy atom. The molecule has 0 aromatic heterocycles. The van der Waals surface area contributed by atoms with Gasteiger partial charge in [-0.3, -0.25) is 13.9 Å². The van der Waals surface area contributed by atoms with Crippen molar-refractivity contribution in [3.05, 3.63) is 94.8 Å². The van der Waals surface area contributed by atoms with Crippen molar-refractivity contribution in [2.45, 2.75) is 57.5 Å². The number of benzene rings is 3. The molecule has 0 unspecified atom stereocenters. The van der Waals surface area contributed by atoms with Crippen molar-refractivity contribution in [2.75, 3.05) is 17.4 Å². The van der Waals surface area contributed by atoms with E-state index < -0.39 is 34.3 Å². The number of unbranched alkanes of at least 4 members (excludes halogenated alkanes) is 1. The highest BCUT2D eigenvalue weighted by Gasteiger charge is 2.33. The molecule has 0 heterocycles. The fourth-order valence-corrected chi connectivity index (χ4v) is 5.73. The lowest BCUT2D eigenvalue weighted by Crippen LogP contribution is -2.52. The molecule has 1 N–H and O–H groups in total. The van der Waals surface area contributed by atoms with Gasteiger partial charge in [-0.25, -0.2) is 12.8 Å². The maximum absolute atomic E-state index is 14.0. The Bertz CT molecular complexity index is 1380. The number of nitrogens with zero attached hydrogens (tertiary/aromatic N) is 2. The lowest BCUT2D eigenvalue weighted by atomic mass is 10.1. The predicted molar refractivity (Wildman–Crippen MR) is 156 cm³/mol. The minimum Gasteiger partial charge on any atom is -0.354 e.